The van der Waals surface area contributed by atoms with Gasteiger partial charge >= 0.3 is 0 Å². The molecule has 0 saturated heterocycles. The van der Waals surface area contributed by atoms with Crippen LogP contribution in [0, 0.1) is 6.92 Å². The van der Waals surface area contributed by atoms with Gasteiger partial charge < -0.3 is 14.7 Å². The van der Waals surface area contributed by atoms with Crippen LogP contribution in [0.5, 0.6) is 0 Å². The average Bonchev–Trinajstić information content (AvgIpc) is 3.42. The van der Waals surface area contributed by atoms with E-state index in [9.17, 15) is 0 Å². The van der Waals surface area contributed by atoms with Gasteiger partial charge in [-0.3, -0.25) is 0 Å². The third-order valence-electron chi connectivity index (χ3n) is 17.0. The molecule has 0 bridgehead atoms. The molecular formula is C66H66BN3. The van der Waals surface area contributed by atoms with Crippen molar-refractivity contribution >= 4 is 68.6 Å². The smallest absolute Gasteiger partial charge is 0.252 e. The molecule has 1 aliphatic carbocycles. The van der Waals surface area contributed by atoms with E-state index in [2.05, 4.69) is 253 Å². The molecule has 8 aromatic carbocycles. The first-order valence-corrected chi connectivity index (χ1v) is 25.9. The maximum atomic E-state index is 2.76. The van der Waals surface area contributed by atoms with Gasteiger partial charge in [-0.25, -0.2) is 0 Å². The number of hydrogen-bond donors (Lipinski definition) is 0. The maximum absolute atomic E-state index is 2.76. The van der Waals surface area contributed by atoms with Crippen LogP contribution in [0.1, 0.15) is 110 Å². The summed E-state index contributed by atoms with van der Waals surface area (Å²) in [6, 6.07) is 67.8. The van der Waals surface area contributed by atoms with Gasteiger partial charge in [-0.1, -0.05) is 183 Å². The molecule has 1 fully saturated rings. The van der Waals surface area contributed by atoms with Gasteiger partial charge in [0.2, 0.25) is 0 Å². The summed E-state index contributed by atoms with van der Waals surface area (Å²) < 4.78 is 0. The van der Waals surface area contributed by atoms with Crippen LogP contribution in [-0.4, -0.2) is 12.3 Å². The second kappa shape index (κ2) is 16.1. The van der Waals surface area contributed by atoms with Crippen LogP contribution >= 0.6 is 0 Å². The predicted molar refractivity (Wildman–Crippen MR) is 301 cm³/mol. The highest BCUT2D eigenvalue weighted by atomic mass is 15.3. The molecular weight excluding hydrogens is 846 g/mol. The Bertz CT molecular complexity index is 3320. The number of aryl methyl sites for hydroxylation is 1. The van der Waals surface area contributed by atoms with E-state index in [0.717, 1.165) is 6.42 Å². The second-order valence-corrected chi connectivity index (χ2v) is 23.4. The molecule has 0 amide bonds. The Labute approximate surface area is 417 Å². The van der Waals surface area contributed by atoms with E-state index < -0.39 is 0 Å². The van der Waals surface area contributed by atoms with Gasteiger partial charge in [0, 0.05) is 50.8 Å². The van der Waals surface area contributed by atoms with Crippen molar-refractivity contribution in [3.05, 3.63) is 198 Å². The molecule has 4 aliphatic rings. The topological polar surface area (TPSA) is 9.72 Å². The van der Waals surface area contributed by atoms with Crippen LogP contribution < -0.4 is 31.1 Å². The van der Waals surface area contributed by atoms with Gasteiger partial charge in [0.05, 0.1) is 11.2 Å². The summed E-state index contributed by atoms with van der Waals surface area (Å²) in [6.07, 6.45) is 6.17. The van der Waals surface area contributed by atoms with E-state index in [1.165, 1.54) is 132 Å². The van der Waals surface area contributed by atoms with E-state index in [4.69, 9.17) is 0 Å². The lowest BCUT2D eigenvalue weighted by molar-refractivity contribution is 0.261. The normalized spacial score (nSPS) is 19.2. The predicted octanol–water partition coefficient (Wildman–Crippen LogP) is 16.1. The lowest BCUT2D eigenvalue weighted by Gasteiger charge is -2.48. The van der Waals surface area contributed by atoms with Gasteiger partial charge in [0.25, 0.3) is 6.71 Å². The van der Waals surface area contributed by atoms with Crippen molar-refractivity contribution in [2.24, 2.45) is 0 Å². The third-order valence-corrected chi connectivity index (χ3v) is 17.0. The molecule has 1 saturated carbocycles. The molecule has 4 heteroatoms. The number of para-hydroxylation sites is 1. The van der Waals surface area contributed by atoms with E-state index in [-0.39, 0.29) is 28.5 Å². The summed E-state index contributed by atoms with van der Waals surface area (Å²) >= 11 is 0. The van der Waals surface area contributed by atoms with E-state index in [0.29, 0.717) is 0 Å². The summed E-state index contributed by atoms with van der Waals surface area (Å²) in [4.78, 5) is 8.00. The number of nitrogens with zero attached hydrogens (tertiary/aromatic N) is 3. The van der Waals surface area contributed by atoms with Crippen molar-refractivity contribution in [1.29, 1.82) is 0 Å². The third kappa shape index (κ3) is 6.84. The number of rotatable bonds is 5. The van der Waals surface area contributed by atoms with Crippen molar-refractivity contribution in [2.75, 3.05) is 14.7 Å². The molecule has 12 rings (SSSR count). The molecule has 3 aliphatic heterocycles. The van der Waals surface area contributed by atoms with E-state index in [1.54, 1.807) is 0 Å². The first-order chi connectivity index (χ1) is 33.6. The lowest BCUT2D eigenvalue weighted by atomic mass is 9.33. The average molecular weight is 912 g/mol. The lowest BCUT2D eigenvalue weighted by Crippen LogP contribution is -2.61. The first kappa shape index (κ1) is 44.4. The molecule has 0 aromatic heterocycles. The minimum atomic E-state index is -0.0677. The van der Waals surface area contributed by atoms with Crippen LogP contribution in [-0.2, 0) is 16.2 Å². The first-order valence-electron chi connectivity index (χ1n) is 25.9. The largest absolute Gasteiger partial charge is 0.334 e. The highest BCUT2D eigenvalue weighted by Gasteiger charge is 2.57. The summed E-state index contributed by atoms with van der Waals surface area (Å²) in [5.41, 5.74) is 24.2. The minimum Gasteiger partial charge on any atom is -0.334 e. The maximum Gasteiger partial charge on any atom is 0.252 e. The quantitative estimate of drug-likeness (QED) is 0.159. The molecule has 70 heavy (non-hydrogen) atoms. The van der Waals surface area contributed by atoms with Crippen molar-refractivity contribution < 1.29 is 0 Å². The molecule has 3 heterocycles. The Balaban J connectivity index is 1.15. The van der Waals surface area contributed by atoms with Crippen LogP contribution in [0.2, 0.25) is 0 Å². The Kier molecular flexibility index (Phi) is 10.2. The fourth-order valence-electron chi connectivity index (χ4n) is 13.0. The molecule has 348 valence electrons. The number of hydrogen-bond acceptors (Lipinski definition) is 3. The van der Waals surface area contributed by atoms with Gasteiger partial charge in [-0.05, 0) is 154 Å². The van der Waals surface area contributed by atoms with Crippen molar-refractivity contribution in [3.8, 4) is 22.3 Å². The highest BCUT2D eigenvalue weighted by Crippen LogP contribution is 2.60. The number of fused-ring (bicyclic) bond motifs is 7. The van der Waals surface area contributed by atoms with Gasteiger partial charge in [0.1, 0.15) is 0 Å². The van der Waals surface area contributed by atoms with Gasteiger partial charge in [-0.2, -0.15) is 0 Å². The molecule has 2 unspecified atom stereocenters. The fraction of sp³-hybridized carbons (Fsp3) is 0.273. The monoisotopic (exact) mass is 912 g/mol. The van der Waals surface area contributed by atoms with Crippen LogP contribution in [0.25, 0.3) is 22.3 Å². The van der Waals surface area contributed by atoms with Gasteiger partial charge in [-0.15, -0.1) is 0 Å². The zero-order valence-electron chi connectivity index (χ0n) is 42.7. The molecule has 2 atom stereocenters. The second-order valence-electron chi connectivity index (χ2n) is 23.4. The SMILES string of the molecule is Cc1cc2c3c(c1)N(c1ccc(C(C)(C)C)cc1-c1ccccc1)c1cc(-c4ccccc4)ccc1B3c1ccc(N3c4ccccc4C4(C)CCCCCC34C)cc1N2c1ccc(C(C)(C)C)cc1. The zero-order valence-corrected chi connectivity index (χ0v) is 42.7. The molecule has 0 radical (unpaired) electrons. The fourth-order valence-corrected chi connectivity index (χ4v) is 13.0. The van der Waals surface area contributed by atoms with Crippen LogP contribution in [0.15, 0.2) is 176 Å². The standard InChI is InChI=1S/C66H66BN3/c1-44-39-60-62-61(40-44)69(56-36-30-49(64(5,6)7)42-52(56)46-23-15-11-16-24-46)58-41-47(45-21-13-10-14-22-45)27-34-54(58)67(62)55-35-33-51(43-59(55)68(60)50-31-28-48(29-32-50)63(2,3)4)70-57-26-18-17-25-53(57)65(8)37-19-12-20-38-66(65,70)9/h10-11,13-18,21-36,39-43H,12,19-20,37-38H2,1-9H3. The van der Waals surface area contributed by atoms with E-state index in [1.807, 2.05) is 0 Å². The van der Waals surface area contributed by atoms with Crippen molar-refractivity contribution in [3.63, 3.8) is 0 Å². The van der Waals surface area contributed by atoms with Crippen molar-refractivity contribution in [2.45, 2.75) is 116 Å². The summed E-state index contributed by atoms with van der Waals surface area (Å²) in [5, 5.41) is 0. The number of benzene rings is 8. The molecule has 3 nitrogen and oxygen atoms in total. The summed E-state index contributed by atoms with van der Waals surface area (Å²) in [7, 11) is 0. The Morgan fingerprint density at radius 3 is 1.73 bits per heavy atom. The Hall–Kier alpha value is -6.78. The minimum absolute atomic E-state index is 0.00515. The Morgan fingerprint density at radius 2 is 1.03 bits per heavy atom. The molecule has 0 spiro atoms. The van der Waals surface area contributed by atoms with Crippen LogP contribution in [0.4, 0.5) is 45.5 Å². The highest BCUT2D eigenvalue weighted by molar-refractivity contribution is 7.00. The number of anilines is 8. The Morgan fingerprint density at radius 1 is 0.443 bits per heavy atom. The summed E-state index contributed by atoms with van der Waals surface area (Å²) in [5.74, 6) is 0. The van der Waals surface area contributed by atoms with E-state index >= 15 is 0 Å². The van der Waals surface area contributed by atoms with Crippen molar-refractivity contribution in [1.82, 2.24) is 0 Å². The van der Waals surface area contributed by atoms with Crippen LogP contribution in [0.3, 0.4) is 0 Å². The molecule has 0 N–H and O–H groups in total. The summed E-state index contributed by atoms with van der Waals surface area (Å²) in [6.45, 7) is 21.3. The van der Waals surface area contributed by atoms with Gasteiger partial charge in [0.15, 0.2) is 0 Å². The zero-order chi connectivity index (χ0) is 48.3. The molecule has 8 aromatic rings.